The second-order valence-corrected chi connectivity index (χ2v) is 6.18. The summed E-state index contributed by atoms with van der Waals surface area (Å²) in [5.41, 5.74) is 1.08. The molecule has 1 aliphatic heterocycles. The average Bonchev–Trinajstić information content (AvgIpc) is 2.42. The van der Waals surface area contributed by atoms with Crippen molar-refractivity contribution in [3.8, 4) is 0 Å². The third-order valence-corrected chi connectivity index (χ3v) is 4.60. The van der Waals surface area contributed by atoms with Crippen molar-refractivity contribution >= 4 is 29.3 Å². The van der Waals surface area contributed by atoms with Crippen LogP contribution in [0.25, 0.3) is 0 Å². The molecule has 1 fully saturated rings. The number of hydrogen-bond donors (Lipinski definition) is 2. The van der Waals surface area contributed by atoms with Gasteiger partial charge in [0.2, 0.25) is 5.91 Å². The number of hydrogen-bond acceptors (Lipinski definition) is 3. The molecule has 0 spiro atoms. The van der Waals surface area contributed by atoms with E-state index in [1.165, 1.54) is 0 Å². The van der Waals surface area contributed by atoms with Crippen LogP contribution in [0.2, 0.25) is 5.02 Å². The molecule has 0 aromatic heterocycles. The van der Waals surface area contributed by atoms with Crippen molar-refractivity contribution in [2.75, 3.05) is 24.6 Å². The van der Waals surface area contributed by atoms with Gasteiger partial charge in [0.05, 0.1) is 0 Å². The lowest BCUT2D eigenvalue weighted by molar-refractivity contribution is -0.121. The molecule has 5 heteroatoms. The van der Waals surface area contributed by atoms with Crippen molar-refractivity contribution < 1.29 is 4.79 Å². The number of carbonyl (C=O) groups excluding carboxylic acids is 1. The Kier molecular flexibility index (Phi) is 6.01. The van der Waals surface area contributed by atoms with Crippen LogP contribution in [0.4, 0.5) is 0 Å². The van der Waals surface area contributed by atoms with Crippen molar-refractivity contribution in [2.45, 2.75) is 18.9 Å². The molecule has 1 amide bonds. The maximum Gasteiger partial charge on any atom is 0.221 e. The topological polar surface area (TPSA) is 41.1 Å². The smallest absolute Gasteiger partial charge is 0.221 e. The van der Waals surface area contributed by atoms with Gasteiger partial charge in [0, 0.05) is 42.1 Å². The Morgan fingerprint density at radius 3 is 3.05 bits per heavy atom. The molecular weight excluding hydrogens is 280 g/mol. The SMILES string of the molecule is O=C(CC1CSCCN1)NCCc1ccccc1Cl. The number of nitrogens with one attached hydrogen (secondary N) is 2. The Hall–Kier alpha value is -0.710. The van der Waals surface area contributed by atoms with E-state index in [1.54, 1.807) is 0 Å². The van der Waals surface area contributed by atoms with E-state index in [4.69, 9.17) is 11.6 Å². The minimum absolute atomic E-state index is 0.118. The second-order valence-electron chi connectivity index (χ2n) is 4.62. The molecule has 104 valence electrons. The van der Waals surface area contributed by atoms with Crippen LogP contribution in [0.5, 0.6) is 0 Å². The van der Waals surface area contributed by atoms with Gasteiger partial charge in [0.25, 0.3) is 0 Å². The highest BCUT2D eigenvalue weighted by molar-refractivity contribution is 7.99. The molecule has 2 rings (SSSR count). The lowest BCUT2D eigenvalue weighted by Crippen LogP contribution is -2.41. The van der Waals surface area contributed by atoms with Crippen molar-refractivity contribution in [1.82, 2.24) is 10.6 Å². The van der Waals surface area contributed by atoms with E-state index in [0.717, 1.165) is 35.1 Å². The molecular formula is C14H19ClN2OS. The fourth-order valence-corrected chi connectivity index (χ4v) is 3.26. The van der Waals surface area contributed by atoms with Crippen molar-refractivity contribution in [2.24, 2.45) is 0 Å². The lowest BCUT2D eigenvalue weighted by Gasteiger charge is -2.22. The molecule has 0 bridgehead atoms. The van der Waals surface area contributed by atoms with Crippen molar-refractivity contribution in [3.63, 3.8) is 0 Å². The number of amides is 1. The zero-order valence-corrected chi connectivity index (χ0v) is 12.4. The predicted octanol–water partition coefficient (Wildman–Crippen LogP) is 2.09. The maximum atomic E-state index is 11.8. The van der Waals surface area contributed by atoms with Crippen LogP contribution < -0.4 is 10.6 Å². The summed E-state index contributed by atoms with van der Waals surface area (Å²) in [4.78, 5) is 11.8. The first-order chi connectivity index (χ1) is 9.25. The first-order valence-electron chi connectivity index (χ1n) is 6.57. The van der Waals surface area contributed by atoms with E-state index in [-0.39, 0.29) is 5.91 Å². The maximum absolute atomic E-state index is 11.8. The number of halogens is 1. The van der Waals surface area contributed by atoms with E-state index >= 15 is 0 Å². The van der Waals surface area contributed by atoms with Gasteiger partial charge in [-0.3, -0.25) is 4.79 Å². The van der Waals surface area contributed by atoms with Crippen LogP contribution in [0.3, 0.4) is 0 Å². The quantitative estimate of drug-likeness (QED) is 0.875. The van der Waals surface area contributed by atoms with E-state index in [2.05, 4.69) is 10.6 Å². The third kappa shape index (κ3) is 5.05. The first-order valence-corrected chi connectivity index (χ1v) is 8.10. The minimum Gasteiger partial charge on any atom is -0.356 e. The Bertz CT molecular complexity index is 422. The molecule has 1 aromatic carbocycles. The molecule has 1 aliphatic rings. The third-order valence-electron chi connectivity index (χ3n) is 3.10. The average molecular weight is 299 g/mol. The van der Waals surface area contributed by atoms with E-state index in [1.807, 2.05) is 36.0 Å². The Morgan fingerprint density at radius 2 is 2.32 bits per heavy atom. The van der Waals surface area contributed by atoms with Crippen LogP contribution in [0.15, 0.2) is 24.3 Å². The number of benzene rings is 1. The van der Waals surface area contributed by atoms with Crippen LogP contribution >= 0.6 is 23.4 Å². The fourth-order valence-electron chi connectivity index (χ4n) is 2.08. The highest BCUT2D eigenvalue weighted by atomic mass is 35.5. The second kappa shape index (κ2) is 7.78. The summed E-state index contributed by atoms with van der Waals surface area (Å²) >= 11 is 7.98. The number of rotatable bonds is 5. The fraction of sp³-hybridized carbons (Fsp3) is 0.500. The van der Waals surface area contributed by atoms with Crippen molar-refractivity contribution in [3.05, 3.63) is 34.9 Å². The van der Waals surface area contributed by atoms with Gasteiger partial charge in [-0.25, -0.2) is 0 Å². The molecule has 1 atom stereocenters. The number of thioether (sulfide) groups is 1. The summed E-state index contributed by atoms with van der Waals surface area (Å²) in [7, 11) is 0. The molecule has 1 unspecified atom stereocenters. The Morgan fingerprint density at radius 1 is 1.47 bits per heavy atom. The van der Waals surface area contributed by atoms with E-state index in [0.29, 0.717) is 19.0 Å². The van der Waals surface area contributed by atoms with Gasteiger partial charge in [0.15, 0.2) is 0 Å². The monoisotopic (exact) mass is 298 g/mol. The van der Waals surface area contributed by atoms with Crippen LogP contribution in [-0.4, -0.2) is 36.5 Å². The highest BCUT2D eigenvalue weighted by Gasteiger charge is 2.16. The van der Waals surface area contributed by atoms with E-state index in [9.17, 15) is 4.79 Å². The summed E-state index contributed by atoms with van der Waals surface area (Å²) in [6.45, 7) is 1.64. The van der Waals surface area contributed by atoms with E-state index < -0.39 is 0 Å². The normalized spacial score (nSPS) is 19.1. The molecule has 1 saturated heterocycles. The molecule has 0 saturated carbocycles. The van der Waals surface area contributed by atoms with Gasteiger partial charge in [-0.2, -0.15) is 11.8 Å². The summed E-state index contributed by atoms with van der Waals surface area (Å²) in [6.07, 6.45) is 1.34. The molecule has 0 aliphatic carbocycles. The largest absolute Gasteiger partial charge is 0.356 e. The standard InChI is InChI=1S/C14H19ClN2OS/c15-13-4-2-1-3-11(13)5-6-17-14(18)9-12-10-19-8-7-16-12/h1-4,12,16H,5-10H2,(H,17,18). The zero-order chi connectivity index (χ0) is 13.5. The van der Waals surface area contributed by atoms with Gasteiger partial charge < -0.3 is 10.6 Å². The lowest BCUT2D eigenvalue weighted by atomic mass is 10.1. The van der Waals surface area contributed by atoms with Crippen LogP contribution in [0, 0.1) is 0 Å². The molecule has 0 radical (unpaired) electrons. The number of carbonyl (C=O) groups is 1. The Labute approximate surface area is 123 Å². The van der Waals surface area contributed by atoms with Gasteiger partial charge in [-0.1, -0.05) is 29.8 Å². The van der Waals surface area contributed by atoms with Crippen LogP contribution in [0.1, 0.15) is 12.0 Å². The molecule has 2 N–H and O–H groups in total. The summed E-state index contributed by atoms with van der Waals surface area (Å²) in [5.74, 6) is 2.29. The van der Waals surface area contributed by atoms with Gasteiger partial charge in [-0.05, 0) is 18.1 Å². The Balaban J connectivity index is 1.67. The van der Waals surface area contributed by atoms with Gasteiger partial charge in [-0.15, -0.1) is 0 Å². The van der Waals surface area contributed by atoms with Gasteiger partial charge >= 0.3 is 0 Å². The molecule has 1 aromatic rings. The minimum atomic E-state index is 0.118. The summed E-state index contributed by atoms with van der Waals surface area (Å²) in [6, 6.07) is 8.07. The van der Waals surface area contributed by atoms with Crippen molar-refractivity contribution in [1.29, 1.82) is 0 Å². The zero-order valence-electron chi connectivity index (χ0n) is 10.8. The predicted molar refractivity (Wildman–Crippen MR) is 81.9 cm³/mol. The molecule has 1 heterocycles. The highest BCUT2D eigenvalue weighted by Crippen LogP contribution is 2.15. The first kappa shape index (κ1) is 14.7. The summed E-state index contributed by atoms with van der Waals surface area (Å²) < 4.78 is 0. The molecule has 19 heavy (non-hydrogen) atoms. The summed E-state index contributed by atoms with van der Waals surface area (Å²) in [5, 5.41) is 7.09. The van der Waals surface area contributed by atoms with Crippen LogP contribution in [-0.2, 0) is 11.2 Å². The molecule has 3 nitrogen and oxygen atoms in total. The van der Waals surface area contributed by atoms with Gasteiger partial charge in [0.1, 0.15) is 0 Å².